The molecule has 5 heteroatoms. The van der Waals surface area contributed by atoms with Gasteiger partial charge in [0.2, 0.25) is 5.91 Å². The maximum absolute atomic E-state index is 14.0. The van der Waals surface area contributed by atoms with Crippen molar-refractivity contribution in [3.63, 3.8) is 0 Å². The Balaban J connectivity index is 1.75. The Morgan fingerprint density at radius 2 is 1.79 bits per heavy atom. The highest BCUT2D eigenvalue weighted by atomic mass is 19.1. The molecule has 0 saturated heterocycles. The molecule has 0 heterocycles. The zero-order valence-corrected chi connectivity index (χ0v) is 15.1. The number of allylic oxidation sites excluding steroid dienone is 1. The molecule has 0 fully saturated rings. The molecule has 3 nitrogen and oxygen atoms in total. The topological polar surface area (TPSA) is 38.3 Å². The molecule has 0 spiro atoms. The van der Waals surface area contributed by atoms with Gasteiger partial charge in [0.15, 0.2) is 17.3 Å². The van der Waals surface area contributed by atoms with Gasteiger partial charge < -0.3 is 10.1 Å². The third-order valence-electron chi connectivity index (χ3n) is 4.53. The first kappa shape index (κ1) is 17.9. The van der Waals surface area contributed by atoms with E-state index in [9.17, 15) is 13.6 Å². The molecule has 28 heavy (non-hydrogen) atoms. The van der Waals surface area contributed by atoms with E-state index < -0.39 is 11.6 Å². The lowest BCUT2D eigenvalue weighted by Crippen LogP contribution is -2.08. The summed E-state index contributed by atoms with van der Waals surface area (Å²) < 4.78 is 32.9. The van der Waals surface area contributed by atoms with Crippen LogP contribution in [0.4, 0.5) is 14.5 Å². The van der Waals surface area contributed by atoms with Crippen LogP contribution in [0.2, 0.25) is 0 Å². The Labute approximate surface area is 161 Å². The number of benzene rings is 3. The van der Waals surface area contributed by atoms with Crippen LogP contribution in [-0.4, -0.2) is 5.91 Å². The fourth-order valence-corrected chi connectivity index (χ4v) is 3.30. The minimum Gasteiger partial charge on any atom is -0.452 e. The van der Waals surface area contributed by atoms with Crippen LogP contribution >= 0.6 is 0 Å². The fraction of sp³-hybridized carbons (Fsp3) is 0.0870. The number of halogens is 2. The Kier molecular flexibility index (Phi) is 4.65. The summed E-state index contributed by atoms with van der Waals surface area (Å²) in [6, 6.07) is 16.7. The van der Waals surface area contributed by atoms with E-state index in [1.54, 1.807) is 6.07 Å². The fourth-order valence-electron chi connectivity index (χ4n) is 3.30. The van der Waals surface area contributed by atoms with E-state index >= 15 is 0 Å². The van der Waals surface area contributed by atoms with Crippen LogP contribution in [0.3, 0.4) is 0 Å². The number of fused-ring (bicyclic) bond motifs is 1. The lowest BCUT2D eigenvalue weighted by Gasteiger charge is -2.16. The van der Waals surface area contributed by atoms with Crippen molar-refractivity contribution < 1.29 is 18.3 Å². The molecule has 0 aliphatic heterocycles. The standard InChI is InChI=1S/C23H17F2NO2/c1-14(27)26-21-13-19-16(7-9-18(19)15-5-3-2-4-6-15)11-23(21)28-22-10-8-17(24)12-20(22)25/h2-6,8-13H,7H2,1H3,(H,26,27). The molecule has 0 aromatic heterocycles. The van der Waals surface area contributed by atoms with Crippen LogP contribution < -0.4 is 10.1 Å². The summed E-state index contributed by atoms with van der Waals surface area (Å²) in [6.45, 7) is 1.39. The zero-order chi connectivity index (χ0) is 19.7. The number of carbonyl (C=O) groups excluding carboxylic acids is 1. The second-order valence-corrected chi connectivity index (χ2v) is 6.55. The molecular formula is C23H17F2NO2. The Bertz CT molecular complexity index is 1090. The van der Waals surface area contributed by atoms with Crippen molar-refractivity contribution in [1.29, 1.82) is 0 Å². The van der Waals surface area contributed by atoms with Gasteiger partial charge in [-0.15, -0.1) is 0 Å². The van der Waals surface area contributed by atoms with Crippen molar-refractivity contribution in [3.8, 4) is 11.5 Å². The molecule has 1 amide bonds. The van der Waals surface area contributed by atoms with E-state index in [1.165, 1.54) is 13.0 Å². The first-order valence-corrected chi connectivity index (χ1v) is 8.84. The molecule has 0 saturated carbocycles. The summed E-state index contributed by atoms with van der Waals surface area (Å²) in [6.07, 6.45) is 2.81. The molecule has 1 N–H and O–H groups in total. The third-order valence-corrected chi connectivity index (χ3v) is 4.53. The molecule has 0 bridgehead atoms. The van der Waals surface area contributed by atoms with Crippen LogP contribution in [0.25, 0.3) is 5.57 Å². The molecule has 0 unspecified atom stereocenters. The molecule has 3 aromatic rings. The highest BCUT2D eigenvalue weighted by Crippen LogP contribution is 2.40. The van der Waals surface area contributed by atoms with Gasteiger partial charge in [0.25, 0.3) is 0 Å². The maximum atomic E-state index is 14.0. The van der Waals surface area contributed by atoms with Crippen molar-refractivity contribution in [1.82, 2.24) is 0 Å². The van der Waals surface area contributed by atoms with E-state index in [4.69, 9.17) is 4.74 Å². The minimum absolute atomic E-state index is 0.109. The van der Waals surface area contributed by atoms with Crippen molar-refractivity contribution in [2.75, 3.05) is 5.32 Å². The van der Waals surface area contributed by atoms with Crippen LogP contribution in [0.5, 0.6) is 11.5 Å². The van der Waals surface area contributed by atoms with E-state index in [0.717, 1.165) is 34.4 Å². The number of carbonyl (C=O) groups is 1. The number of hydrogen-bond acceptors (Lipinski definition) is 2. The number of hydrogen-bond donors (Lipinski definition) is 1. The van der Waals surface area contributed by atoms with E-state index in [2.05, 4.69) is 11.4 Å². The van der Waals surface area contributed by atoms with Gasteiger partial charge in [0.05, 0.1) is 5.69 Å². The quantitative estimate of drug-likeness (QED) is 0.633. The molecule has 140 valence electrons. The van der Waals surface area contributed by atoms with E-state index in [1.807, 2.05) is 36.4 Å². The van der Waals surface area contributed by atoms with E-state index in [0.29, 0.717) is 17.9 Å². The van der Waals surface area contributed by atoms with Gasteiger partial charge in [0, 0.05) is 13.0 Å². The van der Waals surface area contributed by atoms with Gasteiger partial charge >= 0.3 is 0 Å². The Morgan fingerprint density at radius 3 is 2.50 bits per heavy atom. The Hall–Kier alpha value is -3.47. The first-order chi connectivity index (χ1) is 13.5. The average molecular weight is 377 g/mol. The minimum atomic E-state index is -0.808. The van der Waals surface area contributed by atoms with Gasteiger partial charge in [-0.2, -0.15) is 0 Å². The molecule has 4 rings (SSSR count). The predicted octanol–water partition coefficient (Wildman–Crippen LogP) is 5.70. The van der Waals surface area contributed by atoms with Crippen molar-refractivity contribution >= 4 is 17.2 Å². The molecule has 0 atom stereocenters. The van der Waals surface area contributed by atoms with Crippen LogP contribution in [0, 0.1) is 11.6 Å². The largest absolute Gasteiger partial charge is 0.452 e. The van der Waals surface area contributed by atoms with Crippen LogP contribution in [0.1, 0.15) is 23.6 Å². The normalized spacial score (nSPS) is 12.3. The lowest BCUT2D eigenvalue weighted by atomic mass is 9.98. The second kappa shape index (κ2) is 7.27. The monoisotopic (exact) mass is 377 g/mol. The molecule has 1 aliphatic rings. The molecule has 0 radical (unpaired) electrons. The summed E-state index contributed by atoms with van der Waals surface area (Å²) in [4.78, 5) is 11.7. The highest BCUT2D eigenvalue weighted by molar-refractivity contribution is 5.93. The molecular weight excluding hydrogens is 360 g/mol. The van der Waals surface area contributed by atoms with Gasteiger partial charge in [-0.25, -0.2) is 8.78 Å². The summed E-state index contributed by atoms with van der Waals surface area (Å²) in [7, 11) is 0. The lowest BCUT2D eigenvalue weighted by molar-refractivity contribution is -0.114. The van der Waals surface area contributed by atoms with Crippen molar-refractivity contribution in [2.24, 2.45) is 0 Å². The van der Waals surface area contributed by atoms with Gasteiger partial charge in [0.1, 0.15) is 5.82 Å². The van der Waals surface area contributed by atoms with Crippen LogP contribution in [-0.2, 0) is 11.2 Å². The highest BCUT2D eigenvalue weighted by Gasteiger charge is 2.20. The first-order valence-electron chi connectivity index (χ1n) is 8.84. The summed E-state index contributed by atoms with van der Waals surface area (Å²) in [5, 5.41) is 2.74. The molecule has 1 aliphatic carbocycles. The number of ether oxygens (including phenoxy) is 1. The second-order valence-electron chi connectivity index (χ2n) is 6.55. The number of rotatable bonds is 4. The van der Waals surface area contributed by atoms with Crippen LogP contribution in [0.15, 0.2) is 66.7 Å². The predicted molar refractivity (Wildman–Crippen MR) is 104 cm³/mol. The van der Waals surface area contributed by atoms with Gasteiger partial charge in [-0.3, -0.25) is 4.79 Å². The smallest absolute Gasteiger partial charge is 0.221 e. The number of anilines is 1. The Morgan fingerprint density at radius 1 is 1.00 bits per heavy atom. The van der Waals surface area contributed by atoms with Crippen molar-refractivity contribution in [3.05, 3.63) is 95.1 Å². The molecule has 3 aromatic carbocycles. The summed E-state index contributed by atoms with van der Waals surface area (Å²) in [5.41, 5.74) is 4.57. The zero-order valence-electron chi connectivity index (χ0n) is 15.1. The van der Waals surface area contributed by atoms with Gasteiger partial charge in [-0.05, 0) is 52.9 Å². The SMILES string of the molecule is CC(=O)Nc1cc2c(cc1Oc1ccc(F)cc1F)CC=C2c1ccccc1. The van der Waals surface area contributed by atoms with E-state index in [-0.39, 0.29) is 11.7 Å². The number of amides is 1. The van der Waals surface area contributed by atoms with Crippen molar-refractivity contribution in [2.45, 2.75) is 13.3 Å². The summed E-state index contributed by atoms with van der Waals surface area (Å²) >= 11 is 0. The maximum Gasteiger partial charge on any atom is 0.221 e. The van der Waals surface area contributed by atoms with Gasteiger partial charge in [-0.1, -0.05) is 36.4 Å². The third kappa shape index (κ3) is 3.51. The summed E-state index contributed by atoms with van der Waals surface area (Å²) in [5.74, 6) is -1.56. The average Bonchev–Trinajstić information content (AvgIpc) is 3.07. The number of nitrogens with one attached hydrogen (secondary N) is 1.